The minimum absolute atomic E-state index is 0.0501. The second-order valence-corrected chi connectivity index (χ2v) is 5.69. The molecule has 5 heteroatoms. The zero-order chi connectivity index (χ0) is 14.8. The van der Waals surface area contributed by atoms with E-state index in [9.17, 15) is 4.79 Å². The molecule has 1 aromatic heterocycles. The van der Waals surface area contributed by atoms with Crippen molar-refractivity contribution in [2.75, 3.05) is 20.2 Å². The molecule has 0 radical (unpaired) electrons. The number of aromatic nitrogens is 1. The molecule has 1 aliphatic heterocycles. The minimum atomic E-state index is -0.0501. The maximum Gasteiger partial charge on any atom is 0.255 e. The van der Waals surface area contributed by atoms with E-state index in [0.29, 0.717) is 17.3 Å². The maximum atomic E-state index is 12.6. The van der Waals surface area contributed by atoms with Crippen LogP contribution >= 0.6 is 11.6 Å². The summed E-state index contributed by atoms with van der Waals surface area (Å²) in [6.07, 6.45) is 3.78. The molecule has 0 saturated carbocycles. The predicted octanol–water partition coefficient (Wildman–Crippen LogP) is 3.14. The van der Waals surface area contributed by atoms with Gasteiger partial charge in [-0.05, 0) is 18.2 Å². The summed E-state index contributed by atoms with van der Waals surface area (Å²) in [5, 5.41) is 2.06. The molecular weight excluding hydrogens is 288 g/mol. The summed E-state index contributed by atoms with van der Waals surface area (Å²) in [6, 6.07) is 7.56. The monoisotopic (exact) mass is 304 g/mol. The molecule has 21 heavy (non-hydrogen) atoms. The molecular formula is C16H17ClN2O2. The number of fused-ring (bicyclic) bond motifs is 1. The lowest BCUT2D eigenvalue weighted by atomic mass is 10.1. The van der Waals surface area contributed by atoms with E-state index >= 15 is 0 Å². The number of benzene rings is 1. The van der Waals surface area contributed by atoms with E-state index in [1.165, 1.54) is 0 Å². The molecule has 2 heterocycles. The Kier molecular flexibility index (Phi) is 4.08. The van der Waals surface area contributed by atoms with Gasteiger partial charge in [-0.1, -0.05) is 35.9 Å². The topological polar surface area (TPSA) is 42.4 Å². The van der Waals surface area contributed by atoms with Crippen LogP contribution < -0.4 is 0 Å². The van der Waals surface area contributed by atoms with E-state index in [-0.39, 0.29) is 12.0 Å². The molecule has 3 rings (SSSR count). The van der Waals surface area contributed by atoms with Crippen LogP contribution in [-0.2, 0) is 4.74 Å². The Morgan fingerprint density at radius 3 is 2.90 bits per heavy atom. The number of halogens is 1. The van der Waals surface area contributed by atoms with Gasteiger partial charge in [0, 0.05) is 31.8 Å². The smallest absolute Gasteiger partial charge is 0.255 e. The third-order valence-corrected chi connectivity index (χ3v) is 4.13. The third kappa shape index (κ3) is 2.87. The number of nitrogens with zero attached hydrogens (tertiary/aromatic N) is 2. The van der Waals surface area contributed by atoms with Gasteiger partial charge >= 0.3 is 0 Å². The Balaban J connectivity index is 1.88. The lowest BCUT2D eigenvalue weighted by Gasteiger charge is -2.21. The van der Waals surface area contributed by atoms with Gasteiger partial charge in [-0.25, -0.2) is 4.98 Å². The van der Waals surface area contributed by atoms with Crippen molar-refractivity contribution in [2.45, 2.75) is 18.9 Å². The van der Waals surface area contributed by atoms with E-state index in [2.05, 4.69) is 4.98 Å². The fourth-order valence-electron chi connectivity index (χ4n) is 2.71. The summed E-state index contributed by atoms with van der Waals surface area (Å²) < 4.78 is 5.59. The van der Waals surface area contributed by atoms with Gasteiger partial charge in [0.05, 0.1) is 11.7 Å². The number of likely N-dealkylation sites (N-methyl/N-ethyl adjacent to an activating group) is 1. The first kappa shape index (κ1) is 14.3. The molecule has 0 spiro atoms. The molecule has 2 aromatic rings. The van der Waals surface area contributed by atoms with Gasteiger partial charge in [0.15, 0.2) is 0 Å². The molecule has 0 aliphatic carbocycles. The van der Waals surface area contributed by atoms with Gasteiger partial charge in [-0.15, -0.1) is 0 Å². The number of amides is 1. The Hall–Kier alpha value is -1.65. The molecule has 110 valence electrons. The standard InChI is InChI=1S/C16H17ClN2O2/c1-19(10-11-5-4-8-21-11)16(20)14-9-18-15(17)13-7-3-2-6-12(13)14/h2-3,6-7,9,11H,4-5,8,10H2,1H3. The van der Waals surface area contributed by atoms with Gasteiger partial charge in [0.2, 0.25) is 0 Å². The Labute approximate surface area is 128 Å². The number of carbonyl (C=O) groups is 1. The largest absolute Gasteiger partial charge is 0.376 e. The number of pyridine rings is 1. The first-order valence-corrected chi connectivity index (χ1v) is 7.45. The van der Waals surface area contributed by atoms with Crippen molar-refractivity contribution >= 4 is 28.3 Å². The minimum Gasteiger partial charge on any atom is -0.376 e. The molecule has 1 amide bonds. The van der Waals surface area contributed by atoms with Crippen LogP contribution in [0.3, 0.4) is 0 Å². The highest BCUT2D eigenvalue weighted by Crippen LogP contribution is 2.25. The molecule has 1 fully saturated rings. The van der Waals surface area contributed by atoms with E-state index in [4.69, 9.17) is 16.3 Å². The van der Waals surface area contributed by atoms with Crippen LogP contribution in [0.4, 0.5) is 0 Å². The van der Waals surface area contributed by atoms with E-state index in [1.807, 2.05) is 24.3 Å². The normalized spacial score (nSPS) is 18.1. The van der Waals surface area contributed by atoms with Crippen molar-refractivity contribution in [3.63, 3.8) is 0 Å². The first-order chi connectivity index (χ1) is 10.2. The fraction of sp³-hybridized carbons (Fsp3) is 0.375. The third-order valence-electron chi connectivity index (χ3n) is 3.83. The molecule has 1 aromatic carbocycles. The summed E-state index contributed by atoms with van der Waals surface area (Å²) >= 11 is 6.09. The molecule has 1 aliphatic rings. The second kappa shape index (κ2) is 6.00. The van der Waals surface area contributed by atoms with E-state index in [1.54, 1.807) is 18.1 Å². The molecule has 1 atom stereocenters. The van der Waals surface area contributed by atoms with Gasteiger partial charge in [0.1, 0.15) is 5.15 Å². The summed E-state index contributed by atoms with van der Waals surface area (Å²) in [4.78, 5) is 18.5. The Morgan fingerprint density at radius 2 is 2.19 bits per heavy atom. The van der Waals surface area contributed by atoms with Crippen molar-refractivity contribution in [1.82, 2.24) is 9.88 Å². The van der Waals surface area contributed by atoms with Crippen LogP contribution in [0.25, 0.3) is 10.8 Å². The van der Waals surface area contributed by atoms with Gasteiger partial charge in [-0.2, -0.15) is 0 Å². The van der Waals surface area contributed by atoms with Crippen LogP contribution in [0, 0.1) is 0 Å². The molecule has 1 unspecified atom stereocenters. The fourth-order valence-corrected chi connectivity index (χ4v) is 2.92. The SMILES string of the molecule is CN(CC1CCCO1)C(=O)c1cnc(Cl)c2ccccc12. The van der Waals surface area contributed by atoms with Crippen molar-refractivity contribution in [3.05, 3.63) is 41.2 Å². The number of ether oxygens (including phenoxy) is 1. The average Bonchev–Trinajstić information content (AvgIpc) is 3.00. The number of hydrogen-bond donors (Lipinski definition) is 0. The van der Waals surface area contributed by atoms with Crippen molar-refractivity contribution in [2.24, 2.45) is 0 Å². The predicted molar refractivity (Wildman–Crippen MR) is 82.7 cm³/mol. The quantitative estimate of drug-likeness (QED) is 0.818. The second-order valence-electron chi connectivity index (χ2n) is 5.33. The van der Waals surface area contributed by atoms with Crippen molar-refractivity contribution in [1.29, 1.82) is 0 Å². The van der Waals surface area contributed by atoms with E-state index < -0.39 is 0 Å². The maximum absolute atomic E-state index is 12.6. The van der Waals surface area contributed by atoms with Gasteiger partial charge < -0.3 is 9.64 Å². The molecule has 0 N–H and O–H groups in total. The van der Waals surface area contributed by atoms with Crippen LogP contribution in [0.5, 0.6) is 0 Å². The zero-order valence-corrected chi connectivity index (χ0v) is 12.6. The van der Waals surface area contributed by atoms with Crippen molar-refractivity contribution in [3.8, 4) is 0 Å². The lowest BCUT2D eigenvalue weighted by Crippen LogP contribution is -2.34. The molecule has 1 saturated heterocycles. The average molecular weight is 305 g/mol. The highest BCUT2D eigenvalue weighted by Gasteiger charge is 2.22. The van der Waals surface area contributed by atoms with Gasteiger partial charge in [0.25, 0.3) is 5.91 Å². The Bertz CT molecular complexity index is 668. The summed E-state index contributed by atoms with van der Waals surface area (Å²) in [5.74, 6) is -0.0501. The highest BCUT2D eigenvalue weighted by molar-refractivity contribution is 6.34. The first-order valence-electron chi connectivity index (χ1n) is 7.07. The van der Waals surface area contributed by atoms with Crippen molar-refractivity contribution < 1.29 is 9.53 Å². The number of carbonyl (C=O) groups excluding carboxylic acids is 1. The van der Waals surface area contributed by atoms with Crippen LogP contribution in [0.1, 0.15) is 23.2 Å². The van der Waals surface area contributed by atoms with Crippen LogP contribution in [0.15, 0.2) is 30.5 Å². The van der Waals surface area contributed by atoms with E-state index in [0.717, 1.165) is 30.2 Å². The number of hydrogen-bond acceptors (Lipinski definition) is 3. The summed E-state index contributed by atoms with van der Waals surface area (Å²) in [5.41, 5.74) is 0.579. The molecule has 4 nitrogen and oxygen atoms in total. The highest BCUT2D eigenvalue weighted by atomic mass is 35.5. The number of rotatable bonds is 3. The van der Waals surface area contributed by atoms with Crippen LogP contribution in [0.2, 0.25) is 5.15 Å². The lowest BCUT2D eigenvalue weighted by molar-refractivity contribution is 0.0588. The summed E-state index contributed by atoms with van der Waals surface area (Å²) in [6.45, 7) is 1.40. The Morgan fingerprint density at radius 1 is 1.43 bits per heavy atom. The van der Waals surface area contributed by atoms with Gasteiger partial charge in [-0.3, -0.25) is 4.79 Å². The van der Waals surface area contributed by atoms with Crippen LogP contribution in [-0.4, -0.2) is 42.1 Å². The summed E-state index contributed by atoms with van der Waals surface area (Å²) in [7, 11) is 1.80. The molecule has 0 bridgehead atoms. The zero-order valence-electron chi connectivity index (χ0n) is 11.9.